The van der Waals surface area contributed by atoms with Gasteiger partial charge < -0.3 is 30.4 Å². The molecule has 4 aliphatic heterocycles. The maximum atomic E-state index is 13.2. The van der Waals surface area contributed by atoms with Crippen LogP contribution in [0.2, 0.25) is 0 Å². The Bertz CT molecular complexity index is 3430. The molecule has 0 atom stereocenters. The van der Waals surface area contributed by atoms with Crippen LogP contribution < -0.4 is 20.9 Å². The maximum Gasteiger partial charge on any atom is 0.347 e. The number of ether oxygens (including phenoxy) is 4. The van der Waals surface area contributed by atoms with Gasteiger partial charge in [-0.2, -0.15) is 0 Å². The normalized spacial score (nSPS) is 13.4. The predicted octanol–water partition coefficient (Wildman–Crippen LogP) is 8.47. The number of carbonyl (C=O) groups is 6. The van der Waals surface area contributed by atoms with Crippen LogP contribution in [0, 0.1) is 0 Å². The number of hydrogen-bond donors (Lipinski definition) is 2. The molecule has 0 amide bonds. The molecule has 0 saturated carbocycles. The number of aromatic nitrogens is 4. The van der Waals surface area contributed by atoms with E-state index in [2.05, 4.69) is 19.4 Å². The van der Waals surface area contributed by atoms with E-state index in [0.29, 0.717) is 45.6 Å². The highest BCUT2D eigenvalue weighted by Gasteiger charge is 2.34. The molecule has 318 valence electrons. The van der Waals surface area contributed by atoms with Gasteiger partial charge in [0.1, 0.15) is 34.6 Å². The van der Waals surface area contributed by atoms with Gasteiger partial charge in [-0.1, -0.05) is 36.4 Å². The van der Waals surface area contributed by atoms with Crippen molar-refractivity contribution in [3.8, 4) is 45.8 Å². The number of fused-ring (bicyclic) bond motifs is 12. The number of rotatable bonds is 4. The summed E-state index contributed by atoms with van der Waals surface area (Å²) < 4.78 is 23.9. The number of nitrogens with two attached hydrogens (primary N) is 2. The second kappa shape index (κ2) is 15.0. The lowest BCUT2D eigenvalue weighted by molar-refractivity contribution is 0.0425. The van der Waals surface area contributed by atoms with Gasteiger partial charge >= 0.3 is 23.9 Å². The Hall–Kier alpha value is -9.70. The number of benzene rings is 7. The number of imidazole rings is 2. The van der Waals surface area contributed by atoms with Crippen LogP contribution in [0.5, 0.6) is 23.0 Å². The number of para-hydroxylation sites is 6. The average Bonchev–Trinajstić information content (AvgIpc) is 4.14. The van der Waals surface area contributed by atoms with Crippen molar-refractivity contribution in [1.29, 1.82) is 0 Å². The van der Waals surface area contributed by atoms with Crippen LogP contribution in [0.25, 0.3) is 44.8 Å². The summed E-state index contributed by atoms with van der Waals surface area (Å²) in [4.78, 5) is 81.4. The smallest absolute Gasteiger partial charge is 0.347 e. The third-order valence-electron chi connectivity index (χ3n) is 11.2. The molecule has 0 unspecified atom stereocenters. The third-order valence-corrected chi connectivity index (χ3v) is 11.2. The first-order chi connectivity index (χ1) is 32.0. The Kier molecular flexibility index (Phi) is 8.89. The standard InChI is InChI=1S/C28H14N4O3.C16H6O7.C6H8N2/c33-27-19-13-15(9-11-17(19)25-29-21-5-1-3-7-23(21)31(25)27)35-16-10-12-18-20(14-16)28(34)32-24-8-4-2-6-22(24)30-26(18)32;17-13-9-3-1-7(5-11(9)15(19)22-13)21-8-2-4-10-12(6-8)16(20)23-14(10)18;7-5-3-1-2-4-6(5)8/h1-14H;1-6H;1-4H,7-8H2. The van der Waals surface area contributed by atoms with Crippen LogP contribution in [-0.2, 0) is 9.47 Å². The fraction of sp³-hybridized carbons (Fsp3) is 0. The van der Waals surface area contributed by atoms with E-state index in [0.717, 1.165) is 33.2 Å². The Morgan fingerprint density at radius 3 is 1.11 bits per heavy atom. The number of cyclic esters (lactones) is 4. The van der Waals surface area contributed by atoms with Crippen molar-refractivity contribution in [1.82, 2.24) is 19.1 Å². The summed E-state index contributed by atoms with van der Waals surface area (Å²) in [7, 11) is 0. The predicted molar refractivity (Wildman–Crippen MR) is 238 cm³/mol. The van der Waals surface area contributed by atoms with Crippen LogP contribution in [0.3, 0.4) is 0 Å². The number of nitrogen functional groups attached to an aromatic ring is 2. The Labute approximate surface area is 371 Å². The zero-order valence-electron chi connectivity index (χ0n) is 33.9. The second-order valence-corrected chi connectivity index (χ2v) is 15.1. The van der Waals surface area contributed by atoms with Gasteiger partial charge in [0.2, 0.25) is 0 Å². The van der Waals surface area contributed by atoms with Gasteiger partial charge in [-0.3, -0.25) is 18.7 Å². The topological polar surface area (TPSA) is 227 Å². The summed E-state index contributed by atoms with van der Waals surface area (Å²) in [6.07, 6.45) is 0. The van der Waals surface area contributed by atoms with E-state index in [1.54, 1.807) is 33.4 Å². The minimum Gasteiger partial charge on any atom is -0.457 e. The molecule has 0 saturated heterocycles. The van der Waals surface area contributed by atoms with Crippen molar-refractivity contribution in [3.05, 3.63) is 179 Å². The SMILES string of the molecule is Nc1ccccc1N.O=C1OC(=O)c2cc(Oc3ccc4c(c3)C(=O)OC4=O)ccc21.O=C1c2cc(Oc3ccc4c(c3)C(=O)n3c-4nc4ccccc43)ccc2-c2nc3ccccc3n21. The van der Waals surface area contributed by atoms with Crippen LogP contribution >= 0.6 is 0 Å². The van der Waals surface area contributed by atoms with Gasteiger partial charge in [-0.15, -0.1) is 0 Å². The zero-order valence-corrected chi connectivity index (χ0v) is 33.9. The van der Waals surface area contributed by atoms with E-state index < -0.39 is 23.9 Å². The quantitative estimate of drug-likeness (QED) is 0.0961. The third kappa shape index (κ3) is 6.40. The summed E-state index contributed by atoms with van der Waals surface area (Å²) in [5.41, 5.74) is 18.4. The lowest BCUT2D eigenvalue weighted by Gasteiger charge is -2.08. The lowest BCUT2D eigenvalue weighted by atomic mass is 10.1. The second-order valence-electron chi connectivity index (χ2n) is 15.1. The molecule has 16 nitrogen and oxygen atoms in total. The van der Waals surface area contributed by atoms with E-state index in [1.807, 2.05) is 84.9 Å². The van der Waals surface area contributed by atoms with E-state index in [9.17, 15) is 28.8 Å². The first kappa shape index (κ1) is 39.2. The van der Waals surface area contributed by atoms with Crippen molar-refractivity contribution in [2.24, 2.45) is 0 Å². The zero-order chi connectivity index (χ0) is 45.4. The van der Waals surface area contributed by atoms with E-state index >= 15 is 0 Å². The van der Waals surface area contributed by atoms with E-state index in [-0.39, 0.29) is 45.6 Å². The Morgan fingerprint density at radius 1 is 0.379 bits per heavy atom. The van der Waals surface area contributed by atoms with Gasteiger partial charge in [-0.25, -0.2) is 29.1 Å². The van der Waals surface area contributed by atoms with Crippen LogP contribution in [0.15, 0.2) is 146 Å². The fourth-order valence-corrected chi connectivity index (χ4v) is 8.02. The van der Waals surface area contributed by atoms with Gasteiger partial charge in [0.25, 0.3) is 11.8 Å². The largest absolute Gasteiger partial charge is 0.457 e. The molecule has 0 fully saturated rings. The summed E-state index contributed by atoms with van der Waals surface area (Å²) in [6, 6.07) is 41.8. The summed E-state index contributed by atoms with van der Waals surface area (Å²) in [5.74, 6) is -0.249. The Morgan fingerprint density at radius 2 is 0.712 bits per heavy atom. The molecule has 16 heteroatoms. The van der Waals surface area contributed by atoms with Crippen LogP contribution in [-0.4, -0.2) is 54.8 Å². The molecule has 6 heterocycles. The van der Waals surface area contributed by atoms with Crippen molar-refractivity contribution >= 4 is 69.1 Å². The molecule has 7 aromatic carbocycles. The number of esters is 4. The number of nitrogens with zero attached hydrogens (tertiary/aromatic N) is 4. The first-order valence-corrected chi connectivity index (χ1v) is 20.1. The molecule has 4 aliphatic rings. The highest BCUT2D eigenvalue weighted by atomic mass is 16.6. The monoisotopic (exact) mass is 872 g/mol. The molecule has 0 bridgehead atoms. The highest BCUT2D eigenvalue weighted by molar-refractivity contribution is 6.16. The van der Waals surface area contributed by atoms with Gasteiger partial charge in [0, 0.05) is 11.1 Å². The maximum absolute atomic E-state index is 13.2. The first-order valence-electron chi connectivity index (χ1n) is 20.1. The summed E-state index contributed by atoms with van der Waals surface area (Å²) >= 11 is 0. The van der Waals surface area contributed by atoms with Gasteiger partial charge in [-0.05, 0) is 109 Å². The molecule has 0 radical (unpaired) electrons. The number of anilines is 2. The molecule has 9 aromatic rings. The molecular formula is C50H28N6O10. The van der Waals surface area contributed by atoms with Crippen molar-refractivity contribution < 1.29 is 47.7 Å². The molecule has 4 N–H and O–H groups in total. The number of carbonyl (C=O) groups excluding carboxylic acids is 6. The van der Waals surface area contributed by atoms with Crippen molar-refractivity contribution in [3.63, 3.8) is 0 Å². The molecular weight excluding hydrogens is 845 g/mol. The fourth-order valence-electron chi connectivity index (χ4n) is 8.02. The summed E-state index contributed by atoms with van der Waals surface area (Å²) in [5, 5.41) is 0. The molecule has 13 rings (SSSR count). The average molecular weight is 873 g/mol. The van der Waals surface area contributed by atoms with Crippen molar-refractivity contribution in [2.45, 2.75) is 0 Å². The molecule has 66 heavy (non-hydrogen) atoms. The minimum atomic E-state index is -0.737. The molecule has 0 aliphatic carbocycles. The van der Waals surface area contributed by atoms with Crippen LogP contribution in [0.1, 0.15) is 62.1 Å². The lowest BCUT2D eigenvalue weighted by Crippen LogP contribution is -2.06. The van der Waals surface area contributed by atoms with Gasteiger partial charge in [0.05, 0.1) is 66.8 Å². The molecule has 2 aromatic heterocycles. The Balaban J connectivity index is 0.000000133. The number of hydrogen-bond acceptors (Lipinski definition) is 14. The minimum absolute atomic E-state index is 0.114. The van der Waals surface area contributed by atoms with Gasteiger partial charge in [0.15, 0.2) is 0 Å². The van der Waals surface area contributed by atoms with E-state index in [4.69, 9.17) is 20.9 Å². The van der Waals surface area contributed by atoms with Crippen molar-refractivity contribution in [2.75, 3.05) is 11.5 Å². The summed E-state index contributed by atoms with van der Waals surface area (Å²) in [6.45, 7) is 0. The highest BCUT2D eigenvalue weighted by Crippen LogP contribution is 2.40. The molecule has 0 spiro atoms. The van der Waals surface area contributed by atoms with E-state index in [1.165, 1.54) is 36.4 Å². The van der Waals surface area contributed by atoms with Crippen LogP contribution in [0.4, 0.5) is 11.4 Å².